The Balaban J connectivity index is 0. The molecule has 0 aliphatic carbocycles. The van der Waals surface area contributed by atoms with Gasteiger partial charge in [0.1, 0.15) is 0 Å². The van der Waals surface area contributed by atoms with Crippen molar-refractivity contribution in [3.8, 4) is 0 Å². The molecule has 1 radical (unpaired) electrons. The predicted molar refractivity (Wildman–Crippen MR) is 130 cm³/mol. The molecular weight excluding hydrogens is 383 g/mol. The SMILES string of the molecule is CCCCCCCCCCCCCCCCCC(=O)OCCCCCC(C)C.[K]. The maximum atomic E-state index is 11.7. The van der Waals surface area contributed by atoms with Crippen LogP contribution in [0.2, 0.25) is 0 Å². The standard InChI is InChI=1S/C26H52O2.K/c1-4-5-6-7-8-9-10-11-12-13-14-15-16-17-20-23-26(27)28-24-21-18-19-22-25(2)3;/h25H,4-24H2,1-3H3;. The summed E-state index contributed by atoms with van der Waals surface area (Å²) in [5, 5.41) is 0. The van der Waals surface area contributed by atoms with Crippen molar-refractivity contribution in [1.82, 2.24) is 0 Å². The topological polar surface area (TPSA) is 26.3 Å². The Morgan fingerprint density at radius 3 is 1.48 bits per heavy atom. The summed E-state index contributed by atoms with van der Waals surface area (Å²) in [4.78, 5) is 11.7. The van der Waals surface area contributed by atoms with Gasteiger partial charge in [-0.25, -0.2) is 0 Å². The molecule has 3 heteroatoms. The number of hydrogen-bond acceptors (Lipinski definition) is 2. The normalized spacial score (nSPS) is 10.9. The van der Waals surface area contributed by atoms with Crippen molar-refractivity contribution >= 4 is 57.4 Å². The van der Waals surface area contributed by atoms with Gasteiger partial charge in [-0.1, -0.05) is 130 Å². The Morgan fingerprint density at radius 2 is 1.03 bits per heavy atom. The van der Waals surface area contributed by atoms with Crippen molar-refractivity contribution in [2.24, 2.45) is 5.92 Å². The van der Waals surface area contributed by atoms with Crippen LogP contribution >= 0.6 is 0 Å². The summed E-state index contributed by atoms with van der Waals surface area (Å²) >= 11 is 0. The first-order valence-electron chi connectivity index (χ1n) is 12.8. The molecule has 0 unspecified atom stereocenters. The van der Waals surface area contributed by atoms with Crippen LogP contribution in [0.25, 0.3) is 0 Å². The first-order valence-corrected chi connectivity index (χ1v) is 12.8. The molecule has 29 heavy (non-hydrogen) atoms. The molecule has 0 saturated heterocycles. The molecule has 0 aliphatic heterocycles. The van der Waals surface area contributed by atoms with Gasteiger partial charge in [-0.3, -0.25) is 4.79 Å². The molecule has 2 nitrogen and oxygen atoms in total. The fraction of sp³-hybridized carbons (Fsp3) is 0.962. The molecule has 0 bridgehead atoms. The fourth-order valence-corrected chi connectivity index (χ4v) is 3.73. The van der Waals surface area contributed by atoms with Crippen molar-refractivity contribution in [2.45, 2.75) is 149 Å². The molecule has 0 amide bonds. The van der Waals surface area contributed by atoms with Gasteiger partial charge in [0, 0.05) is 57.8 Å². The smallest absolute Gasteiger partial charge is 0.305 e. The molecule has 0 spiro atoms. The van der Waals surface area contributed by atoms with Crippen LogP contribution in [0, 0.1) is 5.92 Å². The van der Waals surface area contributed by atoms with Gasteiger partial charge < -0.3 is 4.74 Å². The molecular formula is C26H52KO2. The molecule has 0 fully saturated rings. The largest absolute Gasteiger partial charge is 0.466 e. The molecule has 0 aromatic rings. The minimum atomic E-state index is 0. The minimum Gasteiger partial charge on any atom is -0.466 e. The zero-order valence-corrected chi connectivity index (χ0v) is 23.9. The van der Waals surface area contributed by atoms with Crippen LogP contribution in [0.5, 0.6) is 0 Å². The van der Waals surface area contributed by atoms with Gasteiger partial charge in [0.05, 0.1) is 6.61 Å². The van der Waals surface area contributed by atoms with Crippen LogP contribution in [0.15, 0.2) is 0 Å². The van der Waals surface area contributed by atoms with E-state index in [4.69, 9.17) is 4.74 Å². The second kappa shape index (κ2) is 27.1. The van der Waals surface area contributed by atoms with E-state index in [2.05, 4.69) is 20.8 Å². The van der Waals surface area contributed by atoms with E-state index in [0.29, 0.717) is 13.0 Å². The number of carbonyl (C=O) groups excluding carboxylic acids is 1. The third-order valence-electron chi connectivity index (χ3n) is 5.67. The molecule has 0 N–H and O–H groups in total. The fourth-order valence-electron chi connectivity index (χ4n) is 3.73. The number of carbonyl (C=O) groups is 1. The van der Waals surface area contributed by atoms with E-state index in [9.17, 15) is 4.79 Å². The number of rotatable bonds is 22. The van der Waals surface area contributed by atoms with Gasteiger partial charge in [-0.15, -0.1) is 0 Å². The maximum Gasteiger partial charge on any atom is 0.305 e. The first-order chi connectivity index (χ1) is 13.7. The van der Waals surface area contributed by atoms with Crippen LogP contribution in [0.4, 0.5) is 0 Å². The summed E-state index contributed by atoms with van der Waals surface area (Å²) in [5.74, 6) is 0.797. The van der Waals surface area contributed by atoms with Crippen LogP contribution in [-0.2, 0) is 9.53 Å². The van der Waals surface area contributed by atoms with Gasteiger partial charge in [0.15, 0.2) is 0 Å². The van der Waals surface area contributed by atoms with E-state index in [1.807, 2.05) is 0 Å². The van der Waals surface area contributed by atoms with E-state index in [0.717, 1.165) is 18.8 Å². The van der Waals surface area contributed by atoms with Gasteiger partial charge in [-0.05, 0) is 18.8 Å². The third-order valence-corrected chi connectivity index (χ3v) is 5.67. The van der Waals surface area contributed by atoms with Gasteiger partial charge in [-0.2, -0.15) is 0 Å². The average molecular weight is 436 g/mol. The summed E-state index contributed by atoms with van der Waals surface area (Å²) < 4.78 is 5.33. The summed E-state index contributed by atoms with van der Waals surface area (Å²) in [6.07, 6.45) is 25.8. The Bertz CT molecular complexity index is 318. The summed E-state index contributed by atoms with van der Waals surface area (Å²) in [7, 11) is 0. The second-order valence-corrected chi connectivity index (χ2v) is 9.16. The average Bonchev–Trinajstić information content (AvgIpc) is 2.67. The first kappa shape index (κ1) is 32.3. The van der Waals surface area contributed by atoms with Crippen molar-refractivity contribution in [3.63, 3.8) is 0 Å². The summed E-state index contributed by atoms with van der Waals surface area (Å²) in [5.41, 5.74) is 0. The van der Waals surface area contributed by atoms with Crippen LogP contribution < -0.4 is 0 Å². The van der Waals surface area contributed by atoms with Crippen LogP contribution in [-0.4, -0.2) is 64.0 Å². The Morgan fingerprint density at radius 1 is 0.621 bits per heavy atom. The van der Waals surface area contributed by atoms with Crippen LogP contribution in [0.1, 0.15) is 149 Å². The second-order valence-electron chi connectivity index (χ2n) is 9.16. The molecule has 169 valence electrons. The van der Waals surface area contributed by atoms with Crippen LogP contribution in [0.3, 0.4) is 0 Å². The Labute approximate surface area is 226 Å². The molecule has 0 saturated carbocycles. The third kappa shape index (κ3) is 29.1. The van der Waals surface area contributed by atoms with Crippen molar-refractivity contribution in [3.05, 3.63) is 0 Å². The van der Waals surface area contributed by atoms with E-state index in [1.165, 1.54) is 109 Å². The van der Waals surface area contributed by atoms with E-state index < -0.39 is 0 Å². The molecule has 0 aliphatic rings. The Hall–Kier alpha value is 1.11. The van der Waals surface area contributed by atoms with Crippen molar-refractivity contribution in [2.75, 3.05) is 6.61 Å². The number of hydrogen-bond donors (Lipinski definition) is 0. The summed E-state index contributed by atoms with van der Waals surface area (Å²) in [6.45, 7) is 7.43. The maximum absolute atomic E-state index is 11.7. The van der Waals surface area contributed by atoms with Crippen molar-refractivity contribution in [1.29, 1.82) is 0 Å². The molecule has 0 aromatic carbocycles. The zero-order chi connectivity index (χ0) is 20.7. The van der Waals surface area contributed by atoms with Gasteiger partial charge in [0.25, 0.3) is 0 Å². The molecule has 0 rings (SSSR count). The molecule has 0 atom stereocenters. The summed E-state index contributed by atoms with van der Waals surface area (Å²) in [6, 6.07) is 0. The predicted octanol–water partition coefficient (Wildman–Crippen LogP) is 8.63. The van der Waals surface area contributed by atoms with E-state index in [1.54, 1.807) is 0 Å². The quantitative estimate of drug-likeness (QED) is 0.0966. The zero-order valence-electron chi connectivity index (χ0n) is 20.7. The number of ether oxygens (including phenoxy) is 1. The number of unbranched alkanes of at least 4 members (excludes halogenated alkanes) is 16. The molecule has 0 heterocycles. The van der Waals surface area contributed by atoms with Gasteiger partial charge >= 0.3 is 5.97 Å². The minimum absolute atomic E-state index is 0. The van der Waals surface area contributed by atoms with Crippen molar-refractivity contribution < 1.29 is 9.53 Å². The van der Waals surface area contributed by atoms with E-state index in [-0.39, 0.29) is 57.4 Å². The van der Waals surface area contributed by atoms with E-state index >= 15 is 0 Å². The molecule has 0 aromatic heterocycles. The number of esters is 1. The Kier molecular flexibility index (Phi) is 30.2. The monoisotopic (exact) mass is 435 g/mol. The van der Waals surface area contributed by atoms with Gasteiger partial charge in [0.2, 0.25) is 0 Å².